The van der Waals surface area contributed by atoms with Gasteiger partial charge in [0.2, 0.25) is 5.91 Å². The Morgan fingerprint density at radius 2 is 2.17 bits per heavy atom. The number of hydrogen-bond acceptors (Lipinski definition) is 4. The summed E-state index contributed by atoms with van der Waals surface area (Å²) in [6.07, 6.45) is 1.62. The zero-order valence-corrected chi connectivity index (χ0v) is 15.7. The van der Waals surface area contributed by atoms with Gasteiger partial charge in [-0.1, -0.05) is 6.07 Å². The number of carbonyl (C=O) groups is 2. The normalized spacial score (nSPS) is 17.6. The SMILES string of the molecule is Cc1cccc(NC(=O)C2CCCN(C(=O)c3ccc(Br)s3)C2)n1. The fourth-order valence-electron chi connectivity index (χ4n) is 2.80. The molecule has 0 spiro atoms. The van der Waals surface area contributed by atoms with E-state index in [1.165, 1.54) is 11.3 Å². The van der Waals surface area contributed by atoms with Crippen LogP contribution in [0, 0.1) is 12.8 Å². The summed E-state index contributed by atoms with van der Waals surface area (Å²) in [7, 11) is 0. The van der Waals surface area contributed by atoms with Crippen molar-refractivity contribution in [2.75, 3.05) is 18.4 Å². The van der Waals surface area contributed by atoms with Gasteiger partial charge in [0, 0.05) is 18.8 Å². The number of hydrogen-bond donors (Lipinski definition) is 1. The van der Waals surface area contributed by atoms with Crippen LogP contribution in [0.25, 0.3) is 0 Å². The van der Waals surface area contributed by atoms with E-state index < -0.39 is 0 Å². The monoisotopic (exact) mass is 407 g/mol. The zero-order valence-electron chi connectivity index (χ0n) is 13.3. The van der Waals surface area contributed by atoms with E-state index in [1.54, 1.807) is 11.0 Å². The van der Waals surface area contributed by atoms with Gasteiger partial charge in [-0.05, 0) is 60.0 Å². The van der Waals surface area contributed by atoms with Crippen molar-refractivity contribution in [3.05, 3.63) is 44.7 Å². The number of rotatable bonds is 3. The van der Waals surface area contributed by atoms with Crippen LogP contribution in [-0.2, 0) is 4.79 Å². The number of pyridine rings is 1. The maximum absolute atomic E-state index is 12.6. The van der Waals surface area contributed by atoms with Crippen LogP contribution < -0.4 is 5.32 Å². The Labute approximate surface area is 153 Å². The fourth-order valence-corrected chi connectivity index (χ4v) is 4.16. The van der Waals surface area contributed by atoms with Gasteiger partial charge in [-0.25, -0.2) is 4.98 Å². The lowest BCUT2D eigenvalue weighted by molar-refractivity contribution is -0.121. The number of carbonyl (C=O) groups excluding carboxylic acids is 2. The van der Waals surface area contributed by atoms with Crippen LogP contribution >= 0.6 is 27.3 Å². The summed E-state index contributed by atoms with van der Waals surface area (Å²) in [5, 5.41) is 2.86. The van der Waals surface area contributed by atoms with E-state index in [0.717, 1.165) is 22.3 Å². The van der Waals surface area contributed by atoms with E-state index in [9.17, 15) is 9.59 Å². The number of aromatic nitrogens is 1. The molecule has 7 heteroatoms. The summed E-state index contributed by atoms with van der Waals surface area (Å²) >= 11 is 4.80. The standard InChI is InChI=1S/C17H18BrN3O2S/c1-11-4-2-6-15(19-11)20-16(22)12-5-3-9-21(10-12)17(23)13-7-8-14(18)24-13/h2,4,6-8,12H,3,5,9-10H2,1H3,(H,19,20,22). The maximum atomic E-state index is 12.6. The smallest absolute Gasteiger partial charge is 0.263 e. The number of likely N-dealkylation sites (tertiary alicyclic amines) is 1. The van der Waals surface area contributed by atoms with Crippen LogP contribution in [0.1, 0.15) is 28.2 Å². The van der Waals surface area contributed by atoms with Gasteiger partial charge < -0.3 is 10.2 Å². The molecule has 0 saturated carbocycles. The molecule has 1 unspecified atom stereocenters. The molecule has 1 N–H and O–H groups in total. The quantitative estimate of drug-likeness (QED) is 0.843. The Hall–Kier alpha value is -1.73. The van der Waals surface area contributed by atoms with Crippen molar-refractivity contribution < 1.29 is 9.59 Å². The van der Waals surface area contributed by atoms with Gasteiger partial charge in [-0.15, -0.1) is 11.3 Å². The first-order valence-corrected chi connectivity index (χ1v) is 9.43. The third-order valence-corrected chi connectivity index (χ3v) is 5.61. The molecule has 2 amide bonds. The Morgan fingerprint density at radius 3 is 2.88 bits per heavy atom. The molecular weight excluding hydrogens is 390 g/mol. The molecule has 3 rings (SSSR count). The lowest BCUT2D eigenvalue weighted by atomic mass is 9.97. The van der Waals surface area contributed by atoms with E-state index in [1.807, 2.05) is 31.2 Å². The molecule has 2 aromatic rings. The molecule has 1 saturated heterocycles. The molecule has 2 aromatic heterocycles. The van der Waals surface area contributed by atoms with Gasteiger partial charge in [-0.3, -0.25) is 9.59 Å². The second-order valence-electron chi connectivity index (χ2n) is 5.85. The van der Waals surface area contributed by atoms with Crippen molar-refractivity contribution in [1.29, 1.82) is 0 Å². The van der Waals surface area contributed by atoms with Gasteiger partial charge >= 0.3 is 0 Å². The fraction of sp³-hybridized carbons (Fsp3) is 0.353. The van der Waals surface area contributed by atoms with Gasteiger partial charge in [0.15, 0.2) is 0 Å². The van der Waals surface area contributed by atoms with E-state index in [0.29, 0.717) is 23.8 Å². The second-order valence-corrected chi connectivity index (χ2v) is 8.31. The highest BCUT2D eigenvalue weighted by molar-refractivity contribution is 9.11. The Kier molecular flexibility index (Phi) is 5.30. The van der Waals surface area contributed by atoms with E-state index >= 15 is 0 Å². The Balaban J connectivity index is 1.64. The highest BCUT2D eigenvalue weighted by atomic mass is 79.9. The van der Waals surface area contributed by atoms with Gasteiger partial charge in [0.05, 0.1) is 14.6 Å². The summed E-state index contributed by atoms with van der Waals surface area (Å²) in [4.78, 5) is 31.8. The van der Waals surface area contributed by atoms with Crippen LogP contribution in [0.4, 0.5) is 5.82 Å². The number of anilines is 1. The zero-order chi connectivity index (χ0) is 17.1. The topological polar surface area (TPSA) is 62.3 Å². The first kappa shape index (κ1) is 17.1. The van der Waals surface area contributed by atoms with Crippen LogP contribution in [0.3, 0.4) is 0 Å². The summed E-state index contributed by atoms with van der Waals surface area (Å²) in [5.41, 5.74) is 0.858. The van der Waals surface area contributed by atoms with Gasteiger partial charge in [0.25, 0.3) is 5.91 Å². The molecule has 1 fully saturated rings. The maximum Gasteiger partial charge on any atom is 0.263 e. The summed E-state index contributed by atoms with van der Waals surface area (Å²) in [5.74, 6) is 0.286. The first-order valence-electron chi connectivity index (χ1n) is 7.82. The minimum atomic E-state index is -0.201. The van der Waals surface area contributed by atoms with Crippen LogP contribution in [0.2, 0.25) is 0 Å². The number of piperidine rings is 1. The molecule has 3 heterocycles. The lowest BCUT2D eigenvalue weighted by Crippen LogP contribution is -2.43. The van der Waals surface area contributed by atoms with Gasteiger partial charge in [0.1, 0.15) is 5.82 Å². The highest BCUT2D eigenvalue weighted by Gasteiger charge is 2.29. The van der Waals surface area contributed by atoms with Crippen molar-refractivity contribution in [3.63, 3.8) is 0 Å². The Bertz CT molecular complexity index is 762. The van der Waals surface area contributed by atoms with Gasteiger partial charge in [-0.2, -0.15) is 0 Å². The molecule has 0 aromatic carbocycles. The van der Waals surface area contributed by atoms with E-state index in [4.69, 9.17) is 0 Å². The predicted octanol–water partition coefficient (Wildman–Crippen LogP) is 3.70. The molecule has 1 atom stereocenters. The Morgan fingerprint density at radius 1 is 1.33 bits per heavy atom. The van der Waals surface area contributed by atoms with Crippen molar-refractivity contribution in [2.24, 2.45) is 5.92 Å². The lowest BCUT2D eigenvalue weighted by Gasteiger charge is -2.31. The molecule has 5 nitrogen and oxygen atoms in total. The largest absolute Gasteiger partial charge is 0.337 e. The number of nitrogens with one attached hydrogen (secondary N) is 1. The van der Waals surface area contributed by atoms with Crippen LogP contribution in [-0.4, -0.2) is 34.8 Å². The predicted molar refractivity (Wildman–Crippen MR) is 98.3 cm³/mol. The number of halogens is 1. The number of thiophene rings is 1. The minimum Gasteiger partial charge on any atom is -0.337 e. The van der Waals surface area contributed by atoms with Crippen molar-refractivity contribution in [2.45, 2.75) is 19.8 Å². The number of aryl methyl sites for hydroxylation is 1. The average Bonchev–Trinajstić information content (AvgIpc) is 3.01. The molecule has 0 bridgehead atoms. The minimum absolute atomic E-state index is 0.00289. The summed E-state index contributed by atoms with van der Waals surface area (Å²) < 4.78 is 0.933. The van der Waals surface area contributed by atoms with E-state index in [-0.39, 0.29) is 17.7 Å². The summed E-state index contributed by atoms with van der Waals surface area (Å²) in [6.45, 7) is 3.03. The molecule has 24 heavy (non-hydrogen) atoms. The van der Waals surface area contributed by atoms with Crippen molar-refractivity contribution >= 4 is 44.9 Å². The number of nitrogens with zero attached hydrogens (tertiary/aromatic N) is 2. The van der Waals surface area contributed by atoms with Crippen molar-refractivity contribution in [1.82, 2.24) is 9.88 Å². The molecule has 0 aliphatic carbocycles. The van der Waals surface area contributed by atoms with Crippen LogP contribution in [0.15, 0.2) is 34.1 Å². The van der Waals surface area contributed by atoms with Crippen LogP contribution in [0.5, 0.6) is 0 Å². The molecule has 1 aliphatic heterocycles. The molecular formula is C17H18BrN3O2S. The summed E-state index contributed by atoms with van der Waals surface area (Å²) in [6, 6.07) is 9.21. The number of amides is 2. The highest BCUT2D eigenvalue weighted by Crippen LogP contribution is 2.26. The van der Waals surface area contributed by atoms with E-state index in [2.05, 4.69) is 26.2 Å². The third-order valence-electron chi connectivity index (χ3n) is 4.00. The molecule has 1 aliphatic rings. The van der Waals surface area contributed by atoms with Crippen molar-refractivity contribution in [3.8, 4) is 0 Å². The molecule has 0 radical (unpaired) electrons. The molecule has 126 valence electrons. The second kappa shape index (κ2) is 7.44. The first-order chi connectivity index (χ1) is 11.5. The average molecular weight is 408 g/mol. The third kappa shape index (κ3) is 4.02.